The summed E-state index contributed by atoms with van der Waals surface area (Å²) in [7, 11) is 0. The molecule has 5 aliphatic rings. The van der Waals surface area contributed by atoms with Gasteiger partial charge in [0.1, 0.15) is 11.2 Å². The molecule has 0 amide bonds. The van der Waals surface area contributed by atoms with E-state index >= 15 is 0 Å². The van der Waals surface area contributed by atoms with E-state index in [9.17, 15) is 23.9 Å². The standard InChI is InChI=1S/C24H29FO6/c1-12-9-16-14-5-6-15-20(25)17(27)7-8-21(15,3)24(14)19(31-24)10-22(16,4)23(12,29)18(28)11-30-13(2)26/h7-8,12,14,16,19,29H,5-6,9-11H2,1-4H3/t12-,14-,16-,19?,21-,22-,23-,24-/m0/s1. The van der Waals surface area contributed by atoms with Gasteiger partial charge in [0.2, 0.25) is 11.6 Å². The van der Waals surface area contributed by atoms with E-state index in [1.807, 2.05) is 20.8 Å². The third kappa shape index (κ3) is 2.26. The number of rotatable bonds is 3. The lowest BCUT2D eigenvalue weighted by Crippen LogP contribution is -2.62. The van der Waals surface area contributed by atoms with Gasteiger partial charge in [-0.25, -0.2) is 4.39 Å². The summed E-state index contributed by atoms with van der Waals surface area (Å²) < 4.78 is 26.1. The summed E-state index contributed by atoms with van der Waals surface area (Å²) in [6.07, 6.45) is 5.11. The van der Waals surface area contributed by atoms with Crippen LogP contribution in [-0.2, 0) is 23.9 Å². The molecular weight excluding hydrogens is 403 g/mol. The lowest BCUT2D eigenvalue weighted by atomic mass is 9.46. The minimum atomic E-state index is -1.62. The van der Waals surface area contributed by atoms with Crippen molar-refractivity contribution in [1.82, 2.24) is 0 Å². The van der Waals surface area contributed by atoms with Crippen LogP contribution in [0, 0.1) is 28.6 Å². The first kappa shape index (κ1) is 21.0. The van der Waals surface area contributed by atoms with Crippen molar-refractivity contribution < 1.29 is 33.4 Å². The fraction of sp³-hybridized carbons (Fsp3) is 0.708. The van der Waals surface area contributed by atoms with Gasteiger partial charge in [0, 0.05) is 17.8 Å². The highest BCUT2D eigenvalue weighted by molar-refractivity contribution is 6.04. The molecule has 31 heavy (non-hydrogen) atoms. The zero-order chi connectivity index (χ0) is 22.6. The Morgan fingerprint density at radius 1 is 1.32 bits per heavy atom. The van der Waals surface area contributed by atoms with Gasteiger partial charge in [-0.1, -0.05) is 19.9 Å². The van der Waals surface area contributed by atoms with Gasteiger partial charge < -0.3 is 14.6 Å². The molecule has 0 aromatic carbocycles. The van der Waals surface area contributed by atoms with E-state index in [1.165, 1.54) is 13.0 Å². The average molecular weight is 432 g/mol. The number of aliphatic hydroxyl groups is 1. The molecule has 6 nitrogen and oxygen atoms in total. The molecule has 4 aliphatic carbocycles. The van der Waals surface area contributed by atoms with Crippen LogP contribution >= 0.6 is 0 Å². The van der Waals surface area contributed by atoms with E-state index in [-0.39, 0.29) is 23.9 Å². The van der Waals surface area contributed by atoms with Gasteiger partial charge in [0.25, 0.3) is 0 Å². The van der Waals surface area contributed by atoms with E-state index in [4.69, 9.17) is 9.47 Å². The van der Waals surface area contributed by atoms with Gasteiger partial charge in [-0.15, -0.1) is 0 Å². The summed E-state index contributed by atoms with van der Waals surface area (Å²) in [5.41, 5.74) is -3.14. The number of ether oxygens (including phenoxy) is 2. The monoisotopic (exact) mass is 432 g/mol. The van der Waals surface area contributed by atoms with Gasteiger partial charge in [-0.2, -0.15) is 0 Å². The molecular formula is C24H29FO6. The zero-order valence-corrected chi connectivity index (χ0v) is 18.4. The summed E-state index contributed by atoms with van der Waals surface area (Å²) in [6, 6.07) is 0. The zero-order valence-electron chi connectivity index (χ0n) is 18.4. The van der Waals surface area contributed by atoms with E-state index in [1.54, 1.807) is 6.08 Å². The van der Waals surface area contributed by atoms with Crippen molar-refractivity contribution in [3.63, 3.8) is 0 Å². The first-order chi connectivity index (χ1) is 14.4. The molecule has 1 spiro atoms. The van der Waals surface area contributed by atoms with E-state index in [2.05, 4.69) is 0 Å². The molecule has 0 radical (unpaired) electrons. The third-order valence-electron chi connectivity index (χ3n) is 9.44. The smallest absolute Gasteiger partial charge is 0.303 e. The number of allylic oxidation sites excluding steroid dienone is 2. The van der Waals surface area contributed by atoms with E-state index in [0.717, 1.165) is 0 Å². The van der Waals surface area contributed by atoms with Crippen molar-refractivity contribution in [3.05, 3.63) is 23.6 Å². The molecule has 3 saturated carbocycles. The topological polar surface area (TPSA) is 93.2 Å². The van der Waals surface area contributed by atoms with Crippen LogP contribution in [-0.4, -0.2) is 46.6 Å². The summed E-state index contributed by atoms with van der Waals surface area (Å²) in [5.74, 6) is -2.53. The van der Waals surface area contributed by atoms with Crippen molar-refractivity contribution in [2.45, 2.75) is 70.7 Å². The molecule has 168 valence electrons. The van der Waals surface area contributed by atoms with Crippen LogP contribution in [0.3, 0.4) is 0 Å². The van der Waals surface area contributed by atoms with Crippen LogP contribution in [0.4, 0.5) is 4.39 Å². The number of ketones is 2. The van der Waals surface area contributed by atoms with Gasteiger partial charge in [0.15, 0.2) is 12.4 Å². The Balaban J connectivity index is 1.54. The van der Waals surface area contributed by atoms with Crippen molar-refractivity contribution in [1.29, 1.82) is 0 Å². The quantitative estimate of drug-likeness (QED) is 0.545. The molecule has 8 atom stereocenters. The number of esters is 1. The van der Waals surface area contributed by atoms with Crippen LogP contribution in [0.25, 0.3) is 0 Å². The maximum atomic E-state index is 14.8. The lowest BCUT2D eigenvalue weighted by Gasteiger charge is -2.55. The van der Waals surface area contributed by atoms with Crippen molar-refractivity contribution in [3.8, 4) is 0 Å². The Kier molecular flexibility index (Phi) is 4.16. The highest BCUT2D eigenvalue weighted by Crippen LogP contribution is 2.76. The highest BCUT2D eigenvalue weighted by atomic mass is 19.1. The molecule has 0 bridgehead atoms. The SMILES string of the molecule is CC(=O)OCC(=O)[C@@]1(O)[C@@H](C)C[C@H]2[C@@H]3CCC4=C(F)C(=O)C=C[C@]4(C)[C@]34OC4C[C@@]21C. The van der Waals surface area contributed by atoms with Crippen LogP contribution in [0.15, 0.2) is 23.6 Å². The Morgan fingerprint density at radius 3 is 2.71 bits per heavy atom. The third-order valence-corrected chi connectivity index (χ3v) is 9.44. The number of Topliss-reactive ketones (excluding diaryl/α,β-unsaturated/α-hetero) is 1. The minimum absolute atomic E-state index is 0.00000709. The van der Waals surface area contributed by atoms with E-state index in [0.29, 0.717) is 31.3 Å². The number of hydrogen-bond acceptors (Lipinski definition) is 6. The number of epoxide rings is 1. The summed E-state index contributed by atoms with van der Waals surface area (Å²) >= 11 is 0. The molecule has 0 aromatic heterocycles. The molecule has 0 aromatic rings. The second-order valence-electron chi connectivity index (χ2n) is 10.6. The predicted molar refractivity (Wildman–Crippen MR) is 107 cm³/mol. The second-order valence-corrected chi connectivity index (χ2v) is 10.6. The Hall–Kier alpha value is -1.86. The van der Waals surface area contributed by atoms with Crippen molar-refractivity contribution in [2.24, 2.45) is 28.6 Å². The van der Waals surface area contributed by atoms with Crippen molar-refractivity contribution >= 4 is 17.5 Å². The van der Waals surface area contributed by atoms with Crippen LogP contribution in [0.1, 0.15) is 53.4 Å². The van der Waals surface area contributed by atoms with Crippen molar-refractivity contribution in [2.75, 3.05) is 6.61 Å². The van der Waals surface area contributed by atoms with E-state index < -0.39 is 52.0 Å². The molecule has 7 heteroatoms. The normalized spacial score (nSPS) is 49.7. The number of hydrogen-bond donors (Lipinski definition) is 1. The molecule has 1 N–H and O–H groups in total. The molecule has 1 saturated heterocycles. The highest BCUT2D eigenvalue weighted by Gasteiger charge is 2.82. The van der Waals surface area contributed by atoms with Gasteiger partial charge in [-0.05, 0) is 62.0 Å². The number of carbonyl (C=O) groups is 3. The summed E-state index contributed by atoms with van der Waals surface area (Å²) in [6.45, 7) is 6.58. The Bertz CT molecular complexity index is 969. The minimum Gasteiger partial charge on any atom is -0.458 e. The molecule has 1 unspecified atom stereocenters. The largest absolute Gasteiger partial charge is 0.458 e. The number of carbonyl (C=O) groups excluding carboxylic acids is 3. The Morgan fingerprint density at radius 2 is 2.03 bits per heavy atom. The summed E-state index contributed by atoms with van der Waals surface area (Å²) in [5, 5.41) is 11.8. The van der Waals surface area contributed by atoms with Gasteiger partial charge >= 0.3 is 5.97 Å². The average Bonchev–Trinajstić information content (AvgIpc) is 3.39. The first-order valence-corrected chi connectivity index (χ1v) is 11.1. The second kappa shape index (κ2) is 6.13. The fourth-order valence-electron chi connectivity index (χ4n) is 7.93. The predicted octanol–water partition coefficient (Wildman–Crippen LogP) is 2.83. The van der Waals surface area contributed by atoms with Crippen LogP contribution in [0.2, 0.25) is 0 Å². The Labute approximate surface area is 180 Å². The van der Waals surface area contributed by atoms with Crippen LogP contribution < -0.4 is 0 Å². The fourth-order valence-corrected chi connectivity index (χ4v) is 7.93. The molecule has 1 aliphatic heterocycles. The van der Waals surface area contributed by atoms with Gasteiger partial charge in [-0.3, -0.25) is 14.4 Å². The molecule has 4 fully saturated rings. The maximum Gasteiger partial charge on any atom is 0.303 e. The first-order valence-electron chi connectivity index (χ1n) is 11.1. The molecule has 5 rings (SSSR count). The number of fused-ring (bicyclic) bond motifs is 3. The number of halogens is 1. The lowest BCUT2D eigenvalue weighted by molar-refractivity contribution is -0.170. The maximum absolute atomic E-state index is 14.8. The summed E-state index contributed by atoms with van der Waals surface area (Å²) in [4.78, 5) is 36.3. The van der Waals surface area contributed by atoms with Crippen LogP contribution in [0.5, 0.6) is 0 Å². The van der Waals surface area contributed by atoms with Gasteiger partial charge in [0.05, 0.1) is 6.10 Å². The molecule has 1 heterocycles.